The fourth-order valence-corrected chi connectivity index (χ4v) is 2.55. The molecule has 114 valence electrons. The van der Waals surface area contributed by atoms with Crippen LogP contribution in [0.4, 0.5) is 4.79 Å². The zero-order chi connectivity index (χ0) is 15.4. The molecule has 0 fully saturated rings. The van der Waals surface area contributed by atoms with E-state index in [-0.39, 0.29) is 12.6 Å². The maximum Gasteiger partial charge on any atom is 0.317 e. The highest BCUT2D eigenvalue weighted by Crippen LogP contribution is 2.28. The molecule has 0 spiro atoms. The maximum absolute atomic E-state index is 12.2. The predicted molar refractivity (Wildman–Crippen MR) is 80.1 cm³/mol. The number of fused-ring (bicyclic) bond motifs is 1. The van der Waals surface area contributed by atoms with Crippen LogP contribution < -0.4 is 5.32 Å². The molecule has 1 aliphatic heterocycles. The molecule has 0 aromatic heterocycles. The van der Waals surface area contributed by atoms with Crippen LogP contribution in [0, 0.1) is 5.92 Å². The van der Waals surface area contributed by atoms with Crippen LogP contribution in [0.3, 0.4) is 0 Å². The van der Waals surface area contributed by atoms with Gasteiger partial charge in [-0.1, -0.05) is 38.1 Å². The van der Waals surface area contributed by atoms with Crippen molar-refractivity contribution in [1.29, 1.82) is 0 Å². The summed E-state index contributed by atoms with van der Waals surface area (Å²) >= 11 is 0. The third kappa shape index (κ3) is 3.74. The Kier molecular flexibility index (Phi) is 4.83. The summed E-state index contributed by atoms with van der Waals surface area (Å²) in [5.41, 5.74) is 1.73. The zero-order valence-corrected chi connectivity index (χ0v) is 12.5. The number of carbonyl (C=O) groups excluding carboxylic acids is 1. The standard InChI is InChI=1S/C16H22N2O3/c1-11(2)7-8-17-16(21)18-9-12-5-3-4-6-13(12)14(10-18)15(19)20/h3-6,11,14H,7-10H2,1-2H3,(H,17,21)(H,19,20). The molecule has 2 amide bonds. The first kappa shape index (κ1) is 15.4. The molecular weight excluding hydrogens is 268 g/mol. The van der Waals surface area contributed by atoms with Gasteiger partial charge >= 0.3 is 12.0 Å². The minimum atomic E-state index is -0.887. The summed E-state index contributed by atoms with van der Waals surface area (Å²) in [6.07, 6.45) is 0.915. The van der Waals surface area contributed by atoms with Crippen molar-refractivity contribution in [2.75, 3.05) is 13.1 Å². The largest absolute Gasteiger partial charge is 0.481 e. The smallest absolute Gasteiger partial charge is 0.317 e. The number of benzene rings is 1. The van der Waals surface area contributed by atoms with Gasteiger partial charge in [0.1, 0.15) is 0 Å². The van der Waals surface area contributed by atoms with E-state index in [0.717, 1.165) is 17.5 Å². The lowest BCUT2D eigenvalue weighted by Crippen LogP contribution is -2.45. The van der Waals surface area contributed by atoms with Gasteiger partial charge in [-0.2, -0.15) is 0 Å². The van der Waals surface area contributed by atoms with Gasteiger partial charge < -0.3 is 15.3 Å². The second kappa shape index (κ2) is 6.61. The highest BCUT2D eigenvalue weighted by molar-refractivity contribution is 5.80. The Labute approximate surface area is 125 Å². The van der Waals surface area contributed by atoms with Gasteiger partial charge in [-0.15, -0.1) is 0 Å². The van der Waals surface area contributed by atoms with Gasteiger partial charge in [0, 0.05) is 19.6 Å². The zero-order valence-electron chi connectivity index (χ0n) is 12.5. The molecule has 1 unspecified atom stereocenters. The molecule has 0 aliphatic carbocycles. The van der Waals surface area contributed by atoms with Gasteiger partial charge in [0.05, 0.1) is 5.92 Å². The number of amides is 2. The minimum Gasteiger partial charge on any atom is -0.481 e. The van der Waals surface area contributed by atoms with Crippen LogP contribution in [0.5, 0.6) is 0 Å². The number of hydrogen-bond acceptors (Lipinski definition) is 2. The molecule has 1 aromatic rings. The van der Waals surface area contributed by atoms with Crippen LogP contribution in [0.15, 0.2) is 24.3 Å². The summed E-state index contributed by atoms with van der Waals surface area (Å²) in [6, 6.07) is 7.25. The van der Waals surface area contributed by atoms with E-state index in [1.165, 1.54) is 0 Å². The van der Waals surface area contributed by atoms with Crippen molar-refractivity contribution in [3.63, 3.8) is 0 Å². The van der Waals surface area contributed by atoms with Crippen molar-refractivity contribution in [3.05, 3.63) is 35.4 Å². The molecule has 0 radical (unpaired) electrons. The number of carboxylic acids is 1. The lowest BCUT2D eigenvalue weighted by molar-refractivity contribution is -0.139. The first-order valence-corrected chi connectivity index (χ1v) is 7.32. The molecule has 21 heavy (non-hydrogen) atoms. The van der Waals surface area contributed by atoms with Gasteiger partial charge in [0.15, 0.2) is 0 Å². The van der Waals surface area contributed by atoms with Crippen LogP contribution in [-0.2, 0) is 11.3 Å². The second-order valence-corrected chi connectivity index (χ2v) is 5.88. The van der Waals surface area contributed by atoms with Gasteiger partial charge in [0.2, 0.25) is 0 Å². The molecule has 1 aromatic carbocycles. The van der Waals surface area contributed by atoms with Gasteiger partial charge in [-0.25, -0.2) is 4.79 Å². The second-order valence-electron chi connectivity index (χ2n) is 5.88. The maximum atomic E-state index is 12.2. The van der Waals surface area contributed by atoms with E-state index < -0.39 is 11.9 Å². The first-order chi connectivity index (χ1) is 9.99. The van der Waals surface area contributed by atoms with Crippen LogP contribution in [0.1, 0.15) is 37.3 Å². The fourth-order valence-electron chi connectivity index (χ4n) is 2.55. The van der Waals surface area contributed by atoms with E-state index in [1.807, 2.05) is 24.3 Å². The van der Waals surface area contributed by atoms with E-state index in [1.54, 1.807) is 4.90 Å². The number of hydrogen-bond donors (Lipinski definition) is 2. The predicted octanol–water partition coefficient (Wildman–Crippen LogP) is 2.43. The molecule has 1 heterocycles. The summed E-state index contributed by atoms with van der Waals surface area (Å²) in [5.74, 6) is -1.01. The Balaban J connectivity index is 2.07. The number of rotatable bonds is 4. The number of nitrogens with one attached hydrogen (secondary N) is 1. The molecule has 0 bridgehead atoms. The summed E-state index contributed by atoms with van der Waals surface area (Å²) in [5, 5.41) is 12.2. The molecule has 5 nitrogen and oxygen atoms in total. The fraction of sp³-hybridized carbons (Fsp3) is 0.500. The van der Waals surface area contributed by atoms with Crippen molar-refractivity contribution in [3.8, 4) is 0 Å². The Morgan fingerprint density at radius 1 is 1.38 bits per heavy atom. The quantitative estimate of drug-likeness (QED) is 0.894. The number of nitrogens with zero attached hydrogens (tertiary/aromatic N) is 1. The number of carboxylic acid groups (broad SMARTS) is 1. The highest BCUT2D eigenvalue weighted by Gasteiger charge is 2.32. The summed E-state index contributed by atoms with van der Waals surface area (Å²) in [6.45, 7) is 5.51. The van der Waals surface area contributed by atoms with E-state index in [4.69, 9.17) is 0 Å². The van der Waals surface area contributed by atoms with E-state index >= 15 is 0 Å². The Morgan fingerprint density at radius 2 is 2.10 bits per heavy atom. The Hall–Kier alpha value is -2.04. The lowest BCUT2D eigenvalue weighted by atomic mass is 9.90. The van der Waals surface area contributed by atoms with Crippen molar-refractivity contribution in [2.24, 2.45) is 5.92 Å². The van der Waals surface area contributed by atoms with Crippen molar-refractivity contribution in [2.45, 2.75) is 32.7 Å². The molecule has 1 atom stereocenters. The molecule has 0 saturated carbocycles. The third-order valence-electron chi connectivity index (χ3n) is 3.78. The first-order valence-electron chi connectivity index (χ1n) is 7.32. The van der Waals surface area contributed by atoms with Gasteiger partial charge in [0.25, 0.3) is 0 Å². The van der Waals surface area contributed by atoms with Gasteiger partial charge in [-0.3, -0.25) is 4.79 Å². The van der Waals surface area contributed by atoms with Crippen LogP contribution in [-0.4, -0.2) is 35.1 Å². The van der Waals surface area contributed by atoms with E-state index in [0.29, 0.717) is 19.0 Å². The van der Waals surface area contributed by atoms with Gasteiger partial charge in [-0.05, 0) is 23.5 Å². The van der Waals surface area contributed by atoms with E-state index in [2.05, 4.69) is 19.2 Å². The minimum absolute atomic E-state index is 0.184. The number of aliphatic carboxylic acids is 1. The number of urea groups is 1. The summed E-state index contributed by atoms with van der Waals surface area (Å²) in [4.78, 5) is 25.2. The average Bonchev–Trinajstić information content (AvgIpc) is 2.45. The van der Waals surface area contributed by atoms with Crippen LogP contribution >= 0.6 is 0 Å². The Bertz CT molecular complexity index is 528. The third-order valence-corrected chi connectivity index (χ3v) is 3.78. The topological polar surface area (TPSA) is 69.6 Å². The molecule has 2 rings (SSSR count). The van der Waals surface area contributed by atoms with Crippen LogP contribution in [0.25, 0.3) is 0 Å². The molecule has 1 aliphatic rings. The highest BCUT2D eigenvalue weighted by atomic mass is 16.4. The Morgan fingerprint density at radius 3 is 2.76 bits per heavy atom. The van der Waals surface area contributed by atoms with Crippen molar-refractivity contribution in [1.82, 2.24) is 10.2 Å². The SMILES string of the molecule is CC(C)CCNC(=O)N1Cc2ccccc2C(C(=O)O)C1. The lowest BCUT2D eigenvalue weighted by Gasteiger charge is -2.32. The molecule has 2 N–H and O–H groups in total. The van der Waals surface area contributed by atoms with E-state index in [9.17, 15) is 14.7 Å². The molecule has 0 saturated heterocycles. The molecule has 5 heteroatoms. The summed E-state index contributed by atoms with van der Waals surface area (Å²) in [7, 11) is 0. The van der Waals surface area contributed by atoms with Crippen molar-refractivity contribution >= 4 is 12.0 Å². The monoisotopic (exact) mass is 290 g/mol. The normalized spacial score (nSPS) is 17.5. The van der Waals surface area contributed by atoms with Crippen molar-refractivity contribution < 1.29 is 14.7 Å². The average molecular weight is 290 g/mol. The summed E-state index contributed by atoms with van der Waals surface area (Å²) < 4.78 is 0. The molecular formula is C16H22N2O3. The van der Waals surface area contributed by atoms with Crippen LogP contribution in [0.2, 0.25) is 0 Å². The number of carbonyl (C=O) groups is 2.